The van der Waals surface area contributed by atoms with Crippen LogP contribution in [0.25, 0.3) is 22.2 Å². The summed E-state index contributed by atoms with van der Waals surface area (Å²) < 4.78 is 18.5. The highest BCUT2D eigenvalue weighted by Crippen LogP contribution is 2.29. The number of nitrogens with one attached hydrogen (secondary N) is 1. The van der Waals surface area contributed by atoms with Crippen LogP contribution in [0.15, 0.2) is 47.4 Å². The molecule has 7 nitrogen and oxygen atoms in total. The molecule has 3 heterocycles. The van der Waals surface area contributed by atoms with E-state index >= 15 is 0 Å². The molecule has 136 valence electrons. The monoisotopic (exact) mass is 364 g/mol. The van der Waals surface area contributed by atoms with Crippen molar-refractivity contribution in [2.24, 2.45) is 0 Å². The SMILES string of the molecule is Cc1noc(C(C)(C)Nc2ncnc3ncc(-c4ccc(F)cc4)cc23)n1. The fourth-order valence-electron chi connectivity index (χ4n) is 2.75. The minimum absolute atomic E-state index is 0.283. The molecule has 0 aliphatic heterocycles. The lowest BCUT2D eigenvalue weighted by molar-refractivity contribution is 0.324. The summed E-state index contributed by atoms with van der Waals surface area (Å²) >= 11 is 0. The summed E-state index contributed by atoms with van der Waals surface area (Å²) in [6, 6.07) is 8.18. The number of hydrogen-bond acceptors (Lipinski definition) is 7. The Morgan fingerprint density at radius 3 is 2.52 bits per heavy atom. The van der Waals surface area contributed by atoms with E-state index in [0.29, 0.717) is 23.2 Å². The van der Waals surface area contributed by atoms with Crippen LogP contribution in [0.3, 0.4) is 0 Å². The maximum absolute atomic E-state index is 13.2. The van der Waals surface area contributed by atoms with E-state index in [0.717, 1.165) is 16.5 Å². The summed E-state index contributed by atoms with van der Waals surface area (Å²) in [5, 5.41) is 7.92. The molecule has 0 bridgehead atoms. The third-order valence-electron chi connectivity index (χ3n) is 4.16. The van der Waals surface area contributed by atoms with Crippen LogP contribution in [0.4, 0.5) is 10.2 Å². The molecule has 1 aromatic carbocycles. The molecule has 0 aliphatic carbocycles. The molecule has 4 rings (SSSR count). The predicted molar refractivity (Wildman–Crippen MR) is 98.4 cm³/mol. The highest BCUT2D eigenvalue weighted by Gasteiger charge is 2.28. The summed E-state index contributed by atoms with van der Waals surface area (Å²) in [6.07, 6.45) is 3.16. The van der Waals surface area contributed by atoms with E-state index < -0.39 is 5.54 Å². The smallest absolute Gasteiger partial charge is 0.251 e. The molecule has 8 heteroatoms. The number of aromatic nitrogens is 5. The van der Waals surface area contributed by atoms with Crippen molar-refractivity contribution in [3.63, 3.8) is 0 Å². The molecule has 0 spiro atoms. The van der Waals surface area contributed by atoms with Crippen LogP contribution in [-0.2, 0) is 5.54 Å². The number of halogens is 1. The van der Waals surface area contributed by atoms with Crippen molar-refractivity contribution in [1.29, 1.82) is 0 Å². The van der Waals surface area contributed by atoms with Crippen LogP contribution in [0.1, 0.15) is 25.6 Å². The third kappa shape index (κ3) is 3.33. The molecular formula is C19H17FN6O. The lowest BCUT2D eigenvalue weighted by atomic mass is 10.0. The Hall–Kier alpha value is -3.42. The maximum atomic E-state index is 13.2. The van der Waals surface area contributed by atoms with Crippen molar-refractivity contribution in [3.8, 4) is 11.1 Å². The number of benzene rings is 1. The van der Waals surface area contributed by atoms with Gasteiger partial charge >= 0.3 is 0 Å². The van der Waals surface area contributed by atoms with Crippen LogP contribution in [0.2, 0.25) is 0 Å². The van der Waals surface area contributed by atoms with Crippen LogP contribution < -0.4 is 5.32 Å². The van der Waals surface area contributed by atoms with E-state index in [2.05, 4.69) is 30.4 Å². The van der Waals surface area contributed by atoms with E-state index in [1.165, 1.54) is 18.5 Å². The first-order valence-electron chi connectivity index (χ1n) is 8.38. The lowest BCUT2D eigenvalue weighted by Crippen LogP contribution is -2.29. The van der Waals surface area contributed by atoms with Crippen LogP contribution in [-0.4, -0.2) is 25.1 Å². The fourth-order valence-corrected chi connectivity index (χ4v) is 2.75. The van der Waals surface area contributed by atoms with Crippen LogP contribution in [0, 0.1) is 12.7 Å². The van der Waals surface area contributed by atoms with Crippen molar-refractivity contribution in [1.82, 2.24) is 25.1 Å². The molecule has 0 saturated heterocycles. The van der Waals surface area contributed by atoms with Crippen molar-refractivity contribution < 1.29 is 8.91 Å². The number of aryl methyl sites for hydroxylation is 1. The first-order chi connectivity index (χ1) is 12.9. The molecule has 0 unspecified atom stereocenters. The molecule has 3 aromatic heterocycles. The normalized spacial score (nSPS) is 11.7. The summed E-state index contributed by atoms with van der Waals surface area (Å²) in [5.41, 5.74) is 1.60. The van der Waals surface area contributed by atoms with Gasteiger partial charge in [0.05, 0.1) is 5.39 Å². The highest BCUT2D eigenvalue weighted by atomic mass is 19.1. The second-order valence-corrected chi connectivity index (χ2v) is 6.72. The van der Waals surface area contributed by atoms with Gasteiger partial charge in [-0.2, -0.15) is 4.98 Å². The van der Waals surface area contributed by atoms with Crippen molar-refractivity contribution in [2.75, 3.05) is 5.32 Å². The largest absolute Gasteiger partial charge is 0.356 e. The van der Waals surface area contributed by atoms with E-state index in [1.807, 2.05) is 19.9 Å². The highest BCUT2D eigenvalue weighted by molar-refractivity contribution is 5.89. The van der Waals surface area contributed by atoms with E-state index in [9.17, 15) is 4.39 Å². The van der Waals surface area contributed by atoms with Crippen LogP contribution >= 0.6 is 0 Å². The van der Waals surface area contributed by atoms with Gasteiger partial charge in [-0.1, -0.05) is 17.3 Å². The molecule has 0 fully saturated rings. The Labute approximate surface area is 154 Å². The second kappa shape index (κ2) is 6.39. The van der Waals surface area contributed by atoms with Gasteiger partial charge in [-0.25, -0.2) is 19.3 Å². The quantitative estimate of drug-likeness (QED) is 0.588. The molecular weight excluding hydrogens is 347 g/mol. The van der Waals surface area contributed by atoms with Gasteiger partial charge in [0.2, 0.25) is 0 Å². The molecule has 0 atom stereocenters. The molecule has 4 aromatic rings. The van der Waals surface area contributed by atoms with Gasteiger partial charge in [-0.05, 0) is 44.5 Å². The first-order valence-corrected chi connectivity index (χ1v) is 8.38. The zero-order valence-corrected chi connectivity index (χ0v) is 15.1. The third-order valence-corrected chi connectivity index (χ3v) is 4.16. The average Bonchev–Trinajstić information content (AvgIpc) is 3.10. The van der Waals surface area contributed by atoms with Crippen molar-refractivity contribution >= 4 is 16.9 Å². The standard InChI is InChI=1S/C19H17FN6O/c1-11-24-18(27-26-11)19(2,3)25-17-15-8-13(9-21-16(15)22-10-23-17)12-4-6-14(20)7-5-12/h4-10H,1-3H3,(H,21,22,23,25). The van der Waals surface area contributed by atoms with Gasteiger partial charge < -0.3 is 9.84 Å². The predicted octanol–water partition coefficient (Wildman–Crippen LogP) is 3.87. The first kappa shape index (κ1) is 17.0. The minimum atomic E-state index is -0.644. The topological polar surface area (TPSA) is 89.6 Å². The van der Waals surface area contributed by atoms with Gasteiger partial charge in [0.15, 0.2) is 11.5 Å². The molecule has 1 N–H and O–H groups in total. The molecule has 0 aliphatic rings. The van der Waals surface area contributed by atoms with Gasteiger partial charge in [-0.3, -0.25) is 0 Å². The Kier molecular flexibility index (Phi) is 4.02. The number of anilines is 1. The zero-order valence-electron chi connectivity index (χ0n) is 15.1. The molecule has 27 heavy (non-hydrogen) atoms. The number of pyridine rings is 1. The zero-order chi connectivity index (χ0) is 19.0. The maximum Gasteiger partial charge on any atom is 0.251 e. The van der Waals surface area contributed by atoms with E-state index in [4.69, 9.17) is 4.52 Å². The number of nitrogens with zero attached hydrogens (tertiary/aromatic N) is 5. The number of fused-ring (bicyclic) bond motifs is 1. The van der Waals surface area contributed by atoms with Gasteiger partial charge in [0.1, 0.15) is 23.5 Å². The van der Waals surface area contributed by atoms with Gasteiger partial charge in [-0.15, -0.1) is 0 Å². The second-order valence-electron chi connectivity index (χ2n) is 6.72. The summed E-state index contributed by atoms with van der Waals surface area (Å²) in [6.45, 7) is 5.61. The fraction of sp³-hybridized carbons (Fsp3) is 0.211. The van der Waals surface area contributed by atoms with E-state index in [1.54, 1.807) is 25.3 Å². The summed E-state index contributed by atoms with van der Waals surface area (Å²) in [4.78, 5) is 17.3. The Bertz CT molecular complexity index is 1110. The van der Waals surface area contributed by atoms with Gasteiger partial charge in [0, 0.05) is 11.8 Å². The number of hydrogen-bond donors (Lipinski definition) is 1. The minimum Gasteiger partial charge on any atom is -0.356 e. The van der Waals surface area contributed by atoms with Crippen molar-refractivity contribution in [3.05, 3.63) is 60.4 Å². The summed E-state index contributed by atoms with van der Waals surface area (Å²) in [5.74, 6) is 1.33. The Morgan fingerprint density at radius 1 is 1.04 bits per heavy atom. The molecule has 0 radical (unpaired) electrons. The number of rotatable bonds is 4. The lowest BCUT2D eigenvalue weighted by Gasteiger charge is -2.23. The summed E-state index contributed by atoms with van der Waals surface area (Å²) in [7, 11) is 0. The molecule has 0 saturated carbocycles. The van der Waals surface area contributed by atoms with Crippen molar-refractivity contribution in [2.45, 2.75) is 26.3 Å². The van der Waals surface area contributed by atoms with Gasteiger partial charge in [0.25, 0.3) is 5.89 Å². The van der Waals surface area contributed by atoms with E-state index in [-0.39, 0.29) is 5.82 Å². The van der Waals surface area contributed by atoms with Crippen LogP contribution in [0.5, 0.6) is 0 Å². The Balaban J connectivity index is 1.76. The average molecular weight is 364 g/mol. The molecule has 0 amide bonds. The Morgan fingerprint density at radius 2 is 1.81 bits per heavy atom.